The Morgan fingerprint density at radius 3 is 1.94 bits per heavy atom. The molecule has 0 radical (unpaired) electrons. The first-order valence-corrected chi connectivity index (χ1v) is 10.9. The van der Waals surface area contributed by atoms with Crippen LogP contribution in [0.2, 0.25) is 0 Å². The Labute approximate surface area is 190 Å². The highest BCUT2D eigenvalue weighted by atomic mass is 16.6. The number of aryl methyl sites for hydroxylation is 1. The van der Waals surface area contributed by atoms with Crippen molar-refractivity contribution in [2.45, 2.75) is 0 Å². The van der Waals surface area contributed by atoms with E-state index in [4.69, 9.17) is 0 Å². The van der Waals surface area contributed by atoms with E-state index in [2.05, 4.69) is 60.1 Å². The summed E-state index contributed by atoms with van der Waals surface area (Å²) in [5.74, 6) is 0. The van der Waals surface area contributed by atoms with Crippen molar-refractivity contribution < 1.29 is 4.92 Å². The van der Waals surface area contributed by atoms with Crippen molar-refractivity contribution in [1.29, 1.82) is 0 Å². The number of para-hydroxylation sites is 1. The molecule has 0 aliphatic rings. The van der Waals surface area contributed by atoms with E-state index < -0.39 is 0 Å². The molecule has 0 atom stereocenters. The summed E-state index contributed by atoms with van der Waals surface area (Å²) in [7, 11) is 2.07. The minimum atomic E-state index is -0.317. The van der Waals surface area contributed by atoms with E-state index in [1.807, 2.05) is 42.5 Å². The fourth-order valence-corrected chi connectivity index (χ4v) is 5.08. The molecule has 5 aromatic carbocycles. The fourth-order valence-electron chi connectivity index (χ4n) is 5.08. The third-order valence-corrected chi connectivity index (χ3v) is 6.47. The van der Waals surface area contributed by atoms with Gasteiger partial charge in [0, 0.05) is 46.4 Å². The Balaban J connectivity index is 1.96. The Bertz CT molecular complexity index is 1680. The summed E-state index contributed by atoms with van der Waals surface area (Å²) >= 11 is 0. The molecule has 6 rings (SSSR count). The minimum Gasteiger partial charge on any atom is -0.343 e. The summed E-state index contributed by atoms with van der Waals surface area (Å²) in [5, 5.41) is 15.9. The number of nitro groups is 1. The minimum absolute atomic E-state index is 0.0943. The summed E-state index contributed by atoms with van der Waals surface area (Å²) in [6.07, 6.45) is 0. The first-order chi connectivity index (χ1) is 16.1. The van der Waals surface area contributed by atoms with Gasteiger partial charge in [0.25, 0.3) is 5.69 Å². The van der Waals surface area contributed by atoms with Crippen LogP contribution in [-0.2, 0) is 7.05 Å². The summed E-state index contributed by atoms with van der Waals surface area (Å²) in [6.45, 7) is 0. The van der Waals surface area contributed by atoms with Gasteiger partial charge in [0.1, 0.15) is 0 Å². The normalized spacial score (nSPS) is 11.4. The van der Waals surface area contributed by atoms with Crippen LogP contribution in [0, 0.1) is 10.1 Å². The van der Waals surface area contributed by atoms with Crippen molar-refractivity contribution in [3.05, 3.63) is 113 Å². The van der Waals surface area contributed by atoms with Crippen LogP contribution in [0.15, 0.2) is 103 Å². The molecule has 0 spiro atoms. The summed E-state index contributed by atoms with van der Waals surface area (Å²) in [5.41, 5.74) is 6.56. The quantitative estimate of drug-likeness (QED) is 0.214. The second-order valence-corrected chi connectivity index (χ2v) is 8.27. The second-order valence-electron chi connectivity index (χ2n) is 8.27. The summed E-state index contributed by atoms with van der Waals surface area (Å²) in [4.78, 5) is 11.4. The van der Waals surface area contributed by atoms with E-state index in [9.17, 15) is 10.1 Å². The topological polar surface area (TPSA) is 48.1 Å². The molecule has 6 aromatic rings. The molecule has 0 fully saturated rings. The molecular weight excluding hydrogens is 408 g/mol. The lowest BCUT2D eigenvalue weighted by molar-refractivity contribution is -0.384. The van der Waals surface area contributed by atoms with Gasteiger partial charge in [-0.1, -0.05) is 78.9 Å². The Kier molecular flexibility index (Phi) is 4.27. The van der Waals surface area contributed by atoms with Crippen molar-refractivity contribution >= 4 is 38.3 Å². The number of non-ortho nitro benzene ring substituents is 1. The number of rotatable bonds is 3. The third kappa shape index (κ3) is 2.84. The van der Waals surface area contributed by atoms with Crippen LogP contribution in [0.5, 0.6) is 0 Å². The van der Waals surface area contributed by atoms with Gasteiger partial charge in [-0.2, -0.15) is 0 Å². The van der Waals surface area contributed by atoms with Crippen molar-refractivity contribution in [2.75, 3.05) is 0 Å². The standard InChI is InChI=1S/C29H20N2O2/c1-30-25-15-9-8-14-23(25)28-27(20-12-6-3-7-13-20)26(19-10-4-2-5-11-19)24-18-21(31(32)33)16-17-22(24)29(28)30/h2-18H,1H3. The van der Waals surface area contributed by atoms with E-state index in [-0.39, 0.29) is 10.6 Å². The number of hydrogen-bond donors (Lipinski definition) is 0. The molecule has 4 heteroatoms. The number of hydrogen-bond acceptors (Lipinski definition) is 2. The maximum atomic E-state index is 11.7. The number of nitrogens with zero attached hydrogens (tertiary/aromatic N) is 2. The molecule has 1 heterocycles. The smallest absolute Gasteiger partial charge is 0.270 e. The molecule has 158 valence electrons. The third-order valence-electron chi connectivity index (χ3n) is 6.47. The van der Waals surface area contributed by atoms with Gasteiger partial charge in [-0.15, -0.1) is 0 Å². The zero-order valence-electron chi connectivity index (χ0n) is 18.0. The zero-order chi connectivity index (χ0) is 22.5. The van der Waals surface area contributed by atoms with Crippen molar-refractivity contribution in [3.63, 3.8) is 0 Å². The molecule has 1 aromatic heterocycles. The highest BCUT2D eigenvalue weighted by Gasteiger charge is 2.23. The fraction of sp³-hybridized carbons (Fsp3) is 0.0345. The Morgan fingerprint density at radius 1 is 0.667 bits per heavy atom. The van der Waals surface area contributed by atoms with Gasteiger partial charge in [0.05, 0.1) is 10.4 Å². The molecule has 0 saturated heterocycles. The Morgan fingerprint density at radius 2 is 1.27 bits per heavy atom. The number of nitro benzene ring substituents is 1. The van der Waals surface area contributed by atoms with Gasteiger partial charge in [-0.3, -0.25) is 10.1 Å². The van der Waals surface area contributed by atoms with Crippen LogP contribution in [0.3, 0.4) is 0 Å². The van der Waals surface area contributed by atoms with Gasteiger partial charge >= 0.3 is 0 Å². The monoisotopic (exact) mass is 428 g/mol. The second kappa shape index (κ2) is 7.31. The maximum absolute atomic E-state index is 11.7. The number of fused-ring (bicyclic) bond motifs is 5. The lowest BCUT2D eigenvalue weighted by atomic mass is 9.86. The van der Waals surface area contributed by atoms with Crippen molar-refractivity contribution in [3.8, 4) is 22.3 Å². The van der Waals surface area contributed by atoms with Crippen molar-refractivity contribution in [2.24, 2.45) is 7.05 Å². The highest BCUT2D eigenvalue weighted by Crippen LogP contribution is 2.48. The zero-order valence-corrected chi connectivity index (χ0v) is 18.0. The van der Waals surface area contributed by atoms with Crippen LogP contribution in [0.25, 0.3) is 54.8 Å². The van der Waals surface area contributed by atoms with Gasteiger partial charge in [-0.25, -0.2) is 0 Å². The molecule has 0 N–H and O–H groups in total. The predicted molar refractivity (Wildman–Crippen MR) is 135 cm³/mol. The largest absolute Gasteiger partial charge is 0.343 e. The van der Waals surface area contributed by atoms with Crippen LogP contribution < -0.4 is 0 Å². The van der Waals surface area contributed by atoms with Gasteiger partial charge in [0.15, 0.2) is 0 Å². The van der Waals surface area contributed by atoms with Crippen LogP contribution in [0.1, 0.15) is 0 Å². The van der Waals surface area contributed by atoms with Crippen LogP contribution >= 0.6 is 0 Å². The van der Waals surface area contributed by atoms with E-state index in [0.29, 0.717) is 0 Å². The lowest BCUT2D eigenvalue weighted by Crippen LogP contribution is -1.95. The first kappa shape index (κ1) is 19.3. The first-order valence-electron chi connectivity index (χ1n) is 10.9. The van der Waals surface area contributed by atoms with Crippen LogP contribution in [0.4, 0.5) is 5.69 Å². The van der Waals surface area contributed by atoms with E-state index in [0.717, 1.165) is 44.1 Å². The maximum Gasteiger partial charge on any atom is 0.270 e. The molecule has 0 aliphatic carbocycles. The number of aromatic nitrogens is 1. The summed E-state index contributed by atoms with van der Waals surface area (Å²) in [6, 6.07) is 34.1. The molecule has 0 bridgehead atoms. The molecule has 0 amide bonds. The van der Waals surface area contributed by atoms with Gasteiger partial charge in [0.2, 0.25) is 0 Å². The van der Waals surface area contributed by atoms with E-state index >= 15 is 0 Å². The van der Waals surface area contributed by atoms with Gasteiger partial charge in [-0.05, 0) is 34.2 Å². The lowest BCUT2D eigenvalue weighted by Gasteiger charge is -2.17. The molecule has 0 aliphatic heterocycles. The SMILES string of the molecule is Cn1c2ccccc2c2c(-c3ccccc3)c(-c3ccccc3)c3cc([N+](=O)[O-])ccc3c21. The Hall–Kier alpha value is -4.44. The average molecular weight is 428 g/mol. The molecule has 4 nitrogen and oxygen atoms in total. The molecule has 33 heavy (non-hydrogen) atoms. The van der Waals surface area contributed by atoms with E-state index in [1.54, 1.807) is 12.1 Å². The highest BCUT2D eigenvalue weighted by molar-refractivity contribution is 6.28. The van der Waals surface area contributed by atoms with Crippen LogP contribution in [-0.4, -0.2) is 9.49 Å². The number of benzene rings is 5. The average Bonchev–Trinajstić information content (AvgIpc) is 3.16. The molecule has 0 saturated carbocycles. The summed E-state index contributed by atoms with van der Waals surface area (Å²) < 4.78 is 2.21. The molecular formula is C29H20N2O2. The van der Waals surface area contributed by atoms with Crippen molar-refractivity contribution in [1.82, 2.24) is 4.57 Å². The predicted octanol–water partition coefficient (Wildman–Crippen LogP) is 7.73. The van der Waals surface area contributed by atoms with Gasteiger partial charge < -0.3 is 4.57 Å². The van der Waals surface area contributed by atoms with E-state index in [1.165, 1.54) is 10.8 Å². The molecule has 0 unspecified atom stereocenters.